The van der Waals surface area contributed by atoms with Crippen LogP contribution in [0.25, 0.3) is 0 Å². The van der Waals surface area contributed by atoms with Gasteiger partial charge in [0.15, 0.2) is 0 Å². The van der Waals surface area contributed by atoms with Gasteiger partial charge in [-0.1, -0.05) is 13.3 Å². The van der Waals surface area contributed by atoms with Gasteiger partial charge in [-0.05, 0) is 19.8 Å². The number of ether oxygens (including phenoxy) is 1. The monoisotopic (exact) mass is 184 g/mol. The minimum Gasteiger partial charge on any atom is -0.466 e. The summed E-state index contributed by atoms with van der Waals surface area (Å²) in [6, 6.07) is 0. The van der Waals surface area contributed by atoms with E-state index in [1.807, 2.05) is 6.92 Å². The Labute approximate surface area is 78.5 Å². The van der Waals surface area contributed by atoms with Crippen molar-refractivity contribution in [3.8, 4) is 0 Å². The summed E-state index contributed by atoms with van der Waals surface area (Å²) in [4.78, 5) is 22.5. The van der Waals surface area contributed by atoms with E-state index in [1.54, 1.807) is 6.92 Å². The van der Waals surface area contributed by atoms with Crippen molar-refractivity contribution in [1.82, 2.24) is 0 Å². The van der Waals surface area contributed by atoms with Crippen molar-refractivity contribution in [3.05, 3.63) is 0 Å². The van der Waals surface area contributed by atoms with Crippen LogP contribution in [0.4, 0.5) is 0 Å². The molecule has 0 amide bonds. The van der Waals surface area contributed by atoms with Crippen LogP contribution in [0.3, 0.4) is 0 Å². The molecule has 0 aliphatic heterocycles. The lowest BCUT2D eigenvalue weighted by Crippen LogP contribution is -2.36. The number of ketones is 1. The molecule has 13 heavy (non-hydrogen) atoms. The van der Waals surface area contributed by atoms with Gasteiger partial charge in [0.05, 0.1) is 6.61 Å². The second kappa shape index (κ2) is 3.90. The maximum Gasteiger partial charge on any atom is 0.313 e. The summed E-state index contributed by atoms with van der Waals surface area (Å²) in [6.45, 7) is 4.02. The highest BCUT2D eigenvalue weighted by Gasteiger charge is 2.39. The molecule has 0 saturated heterocycles. The molecule has 0 heterocycles. The largest absolute Gasteiger partial charge is 0.466 e. The first kappa shape index (κ1) is 10.2. The van der Waals surface area contributed by atoms with Crippen LogP contribution in [0, 0.1) is 5.41 Å². The average Bonchev–Trinajstić information content (AvgIpc) is 2.00. The Balaban J connectivity index is 2.36. The first-order chi connectivity index (χ1) is 6.08. The van der Waals surface area contributed by atoms with Crippen LogP contribution in [-0.2, 0) is 14.3 Å². The van der Waals surface area contributed by atoms with Crippen LogP contribution >= 0.6 is 0 Å². The first-order valence-corrected chi connectivity index (χ1v) is 4.77. The third-order valence-corrected chi connectivity index (χ3v) is 2.74. The number of rotatable bonds is 4. The van der Waals surface area contributed by atoms with Crippen LogP contribution in [0.2, 0.25) is 0 Å². The first-order valence-electron chi connectivity index (χ1n) is 4.77. The zero-order valence-electron chi connectivity index (χ0n) is 8.26. The van der Waals surface area contributed by atoms with Crippen molar-refractivity contribution >= 4 is 11.8 Å². The van der Waals surface area contributed by atoms with Gasteiger partial charge in [0, 0.05) is 5.41 Å². The molecule has 1 saturated carbocycles. The summed E-state index contributed by atoms with van der Waals surface area (Å²) in [5.74, 6) is -0.349. The Morgan fingerprint density at radius 1 is 1.38 bits per heavy atom. The summed E-state index contributed by atoms with van der Waals surface area (Å²) >= 11 is 0. The fourth-order valence-corrected chi connectivity index (χ4v) is 1.54. The highest BCUT2D eigenvalue weighted by atomic mass is 16.5. The molecule has 0 unspecified atom stereocenters. The quantitative estimate of drug-likeness (QED) is 0.493. The maximum atomic E-state index is 11.5. The molecule has 3 nitrogen and oxygen atoms in total. The highest BCUT2D eigenvalue weighted by molar-refractivity contribution is 5.99. The molecule has 1 fully saturated rings. The molecule has 0 aromatic heterocycles. The van der Waals surface area contributed by atoms with Crippen LogP contribution < -0.4 is 0 Å². The summed E-state index contributed by atoms with van der Waals surface area (Å²) in [5.41, 5.74) is -0.229. The molecule has 0 aromatic carbocycles. The van der Waals surface area contributed by atoms with E-state index in [0.29, 0.717) is 6.61 Å². The third-order valence-electron chi connectivity index (χ3n) is 2.74. The van der Waals surface area contributed by atoms with Gasteiger partial charge in [-0.2, -0.15) is 0 Å². The normalized spacial score (nSPS) is 18.9. The topological polar surface area (TPSA) is 43.4 Å². The molecular weight excluding hydrogens is 168 g/mol. The summed E-state index contributed by atoms with van der Waals surface area (Å²) < 4.78 is 4.72. The minimum absolute atomic E-state index is 0.0391. The van der Waals surface area contributed by atoms with Gasteiger partial charge >= 0.3 is 5.97 Å². The number of carbonyl (C=O) groups excluding carboxylic acids is 2. The van der Waals surface area contributed by atoms with Crippen molar-refractivity contribution in [1.29, 1.82) is 0 Å². The molecule has 0 spiro atoms. The minimum atomic E-state index is -0.388. The lowest BCUT2D eigenvalue weighted by Gasteiger charge is -2.36. The van der Waals surface area contributed by atoms with E-state index >= 15 is 0 Å². The Bertz CT molecular complexity index is 216. The Hall–Kier alpha value is -0.860. The molecule has 74 valence electrons. The standard InChI is InChI=1S/C10H16O3/c1-3-13-9(12)7-8(11)10(2)5-4-6-10/h3-7H2,1-2H3. The van der Waals surface area contributed by atoms with Crippen LogP contribution in [0.15, 0.2) is 0 Å². The van der Waals surface area contributed by atoms with Crippen molar-refractivity contribution in [3.63, 3.8) is 0 Å². The number of hydrogen-bond acceptors (Lipinski definition) is 3. The van der Waals surface area contributed by atoms with E-state index in [-0.39, 0.29) is 23.6 Å². The molecule has 0 atom stereocenters. The zero-order chi connectivity index (χ0) is 9.90. The molecule has 0 N–H and O–H groups in total. The third kappa shape index (κ3) is 2.29. The molecule has 0 bridgehead atoms. The molecular formula is C10H16O3. The summed E-state index contributed by atoms with van der Waals surface area (Å²) in [7, 11) is 0. The van der Waals surface area contributed by atoms with Crippen molar-refractivity contribution in [2.24, 2.45) is 5.41 Å². The van der Waals surface area contributed by atoms with Gasteiger partial charge in [0.25, 0.3) is 0 Å². The number of hydrogen-bond donors (Lipinski definition) is 0. The van der Waals surface area contributed by atoms with E-state index < -0.39 is 0 Å². The van der Waals surface area contributed by atoms with Gasteiger partial charge in [-0.3, -0.25) is 9.59 Å². The van der Waals surface area contributed by atoms with E-state index in [2.05, 4.69) is 0 Å². The predicted octanol–water partition coefficient (Wildman–Crippen LogP) is 1.70. The molecule has 3 heteroatoms. The van der Waals surface area contributed by atoms with Crippen molar-refractivity contribution in [2.75, 3.05) is 6.61 Å². The number of carbonyl (C=O) groups is 2. The van der Waals surface area contributed by atoms with Gasteiger partial charge in [-0.25, -0.2) is 0 Å². The SMILES string of the molecule is CCOC(=O)CC(=O)C1(C)CCC1. The molecule has 1 aliphatic rings. The van der Waals surface area contributed by atoms with E-state index in [0.717, 1.165) is 19.3 Å². The molecule has 0 radical (unpaired) electrons. The summed E-state index contributed by atoms with van der Waals surface area (Å²) in [6.07, 6.45) is 2.89. The smallest absolute Gasteiger partial charge is 0.313 e. The fourth-order valence-electron chi connectivity index (χ4n) is 1.54. The second-order valence-electron chi connectivity index (χ2n) is 3.82. The van der Waals surface area contributed by atoms with Crippen LogP contribution in [0.5, 0.6) is 0 Å². The van der Waals surface area contributed by atoms with E-state index in [9.17, 15) is 9.59 Å². The average molecular weight is 184 g/mol. The Kier molecular flexibility index (Phi) is 3.07. The van der Waals surface area contributed by atoms with Crippen molar-refractivity contribution in [2.45, 2.75) is 39.5 Å². The molecule has 0 aromatic rings. The Morgan fingerprint density at radius 2 is 2.00 bits per heavy atom. The van der Waals surface area contributed by atoms with Crippen LogP contribution in [0.1, 0.15) is 39.5 Å². The van der Waals surface area contributed by atoms with Crippen LogP contribution in [-0.4, -0.2) is 18.4 Å². The fraction of sp³-hybridized carbons (Fsp3) is 0.800. The molecule has 1 rings (SSSR count). The van der Waals surface area contributed by atoms with Gasteiger partial charge in [0.1, 0.15) is 12.2 Å². The zero-order valence-corrected chi connectivity index (χ0v) is 8.26. The number of esters is 1. The lowest BCUT2D eigenvalue weighted by atomic mass is 9.67. The van der Waals surface area contributed by atoms with E-state index in [1.165, 1.54) is 0 Å². The van der Waals surface area contributed by atoms with Gasteiger partial charge in [0.2, 0.25) is 0 Å². The predicted molar refractivity (Wildman–Crippen MR) is 48.2 cm³/mol. The molecule has 1 aliphatic carbocycles. The van der Waals surface area contributed by atoms with Gasteiger partial charge < -0.3 is 4.74 Å². The highest BCUT2D eigenvalue weighted by Crippen LogP contribution is 2.41. The van der Waals surface area contributed by atoms with E-state index in [4.69, 9.17) is 4.74 Å². The van der Waals surface area contributed by atoms with Gasteiger partial charge in [-0.15, -0.1) is 0 Å². The van der Waals surface area contributed by atoms with Crippen molar-refractivity contribution < 1.29 is 14.3 Å². The number of Topliss-reactive ketones (excluding diaryl/α,β-unsaturated/α-hetero) is 1. The lowest BCUT2D eigenvalue weighted by molar-refractivity contribution is -0.149. The maximum absolute atomic E-state index is 11.5. The Morgan fingerprint density at radius 3 is 2.38 bits per heavy atom. The second-order valence-corrected chi connectivity index (χ2v) is 3.82. The summed E-state index contributed by atoms with van der Waals surface area (Å²) in [5, 5.41) is 0.